The number of urea groups is 1. The third-order valence-electron chi connectivity index (χ3n) is 7.89. The second-order valence-electron chi connectivity index (χ2n) is 10.9. The molecule has 3 aliphatic rings. The van der Waals surface area contributed by atoms with Gasteiger partial charge >= 0.3 is 6.03 Å². The Morgan fingerprint density at radius 1 is 1.17 bits per heavy atom. The SMILES string of the molecule is C=CC(=O)Nc1cc(Nc2ncc3c(n2)N(C2CCOCC2)C(=O)N(C(C)C)C3)c(OC)cc1N1CCN(C)CC1. The molecule has 1 aromatic carbocycles. The van der Waals surface area contributed by atoms with Crippen LogP contribution in [-0.2, 0) is 16.1 Å². The average molecular weight is 565 g/mol. The minimum Gasteiger partial charge on any atom is -0.494 e. The van der Waals surface area contributed by atoms with Crippen molar-refractivity contribution < 1.29 is 19.1 Å². The molecule has 12 heteroatoms. The van der Waals surface area contributed by atoms with Gasteiger partial charge in [-0.1, -0.05) is 6.58 Å². The summed E-state index contributed by atoms with van der Waals surface area (Å²) < 4.78 is 11.3. The second kappa shape index (κ2) is 12.3. The molecule has 0 saturated carbocycles. The number of piperazine rings is 1. The van der Waals surface area contributed by atoms with E-state index in [1.165, 1.54) is 6.08 Å². The maximum Gasteiger partial charge on any atom is 0.326 e. The Morgan fingerprint density at radius 3 is 2.56 bits per heavy atom. The maximum absolute atomic E-state index is 13.6. The van der Waals surface area contributed by atoms with Gasteiger partial charge in [0.25, 0.3) is 0 Å². The van der Waals surface area contributed by atoms with Gasteiger partial charge in [0, 0.05) is 69.3 Å². The van der Waals surface area contributed by atoms with E-state index in [1.54, 1.807) is 13.3 Å². The number of hydrogen-bond acceptors (Lipinski definition) is 9. The predicted molar refractivity (Wildman–Crippen MR) is 159 cm³/mol. The van der Waals surface area contributed by atoms with Crippen molar-refractivity contribution in [1.82, 2.24) is 19.8 Å². The normalized spacial score (nSPS) is 18.4. The molecule has 2 aromatic rings. The minimum atomic E-state index is -0.304. The number of methoxy groups -OCH3 is 1. The quantitative estimate of drug-likeness (QED) is 0.465. The van der Waals surface area contributed by atoms with Crippen LogP contribution in [-0.4, -0.2) is 97.3 Å². The molecule has 0 aliphatic carbocycles. The van der Waals surface area contributed by atoms with Crippen molar-refractivity contribution in [3.8, 4) is 5.75 Å². The zero-order valence-corrected chi connectivity index (χ0v) is 24.4. The van der Waals surface area contributed by atoms with Crippen molar-refractivity contribution >= 4 is 40.8 Å². The zero-order chi connectivity index (χ0) is 29.1. The number of hydrogen-bond donors (Lipinski definition) is 2. The second-order valence-corrected chi connectivity index (χ2v) is 10.9. The molecule has 220 valence electrons. The Hall–Kier alpha value is -3.90. The lowest BCUT2D eigenvalue weighted by molar-refractivity contribution is -0.111. The first-order valence-corrected chi connectivity index (χ1v) is 14.2. The minimum absolute atomic E-state index is 0.00238. The van der Waals surface area contributed by atoms with E-state index in [-0.39, 0.29) is 24.0 Å². The summed E-state index contributed by atoms with van der Waals surface area (Å²) >= 11 is 0. The van der Waals surface area contributed by atoms with Gasteiger partial charge in [-0.25, -0.2) is 9.78 Å². The Labute approximate surface area is 241 Å². The van der Waals surface area contributed by atoms with Crippen LogP contribution < -0.4 is 25.2 Å². The van der Waals surface area contributed by atoms with Crippen molar-refractivity contribution in [2.24, 2.45) is 0 Å². The molecule has 41 heavy (non-hydrogen) atoms. The highest BCUT2D eigenvalue weighted by Gasteiger charge is 2.38. The molecule has 3 amide bonds. The van der Waals surface area contributed by atoms with Gasteiger partial charge < -0.3 is 34.8 Å². The molecule has 0 atom stereocenters. The van der Waals surface area contributed by atoms with Gasteiger partial charge in [-0.05, 0) is 45.9 Å². The maximum atomic E-state index is 13.6. The molecule has 0 radical (unpaired) electrons. The van der Waals surface area contributed by atoms with E-state index in [0.717, 1.165) is 50.3 Å². The van der Waals surface area contributed by atoms with Gasteiger partial charge in [0.1, 0.15) is 11.6 Å². The number of amides is 3. The largest absolute Gasteiger partial charge is 0.494 e. The van der Waals surface area contributed by atoms with Crippen LogP contribution in [0.15, 0.2) is 31.0 Å². The van der Waals surface area contributed by atoms with Gasteiger partial charge in [0.05, 0.1) is 30.7 Å². The first-order valence-electron chi connectivity index (χ1n) is 14.2. The predicted octanol–water partition coefficient (Wildman–Crippen LogP) is 3.43. The van der Waals surface area contributed by atoms with Gasteiger partial charge in [-0.15, -0.1) is 0 Å². The number of nitrogens with one attached hydrogen (secondary N) is 2. The smallest absolute Gasteiger partial charge is 0.326 e. The number of fused-ring (bicyclic) bond motifs is 1. The number of anilines is 5. The number of likely N-dealkylation sites (N-methyl/N-ethyl adjacent to an activating group) is 1. The highest BCUT2D eigenvalue weighted by atomic mass is 16.5. The molecule has 2 N–H and O–H groups in total. The van der Waals surface area contributed by atoms with Crippen LogP contribution in [0, 0.1) is 0 Å². The molecule has 0 bridgehead atoms. The lowest BCUT2D eigenvalue weighted by Crippen LogP contribution is -2.55. The third kappa shape index (κ3) is 6.08. The molecule has 3 aliphatic heterocycles. The molecule has 1 aromatic heterocycles. The van der Waals surface area contributed by atoms with E-state index in [9.17, 15) is 9.59 Å². The summed E-state index contributed by atoms with van der Waals surface area (Å²) in [5.74, 6) is 1.23. The van der Waals surface area contributed by atoms with Gasteiger partial charge in [-0.2, -0.15) is 4.98 Å². The number of ether oxygens (including phenoxy) is 2. The van der Waals surface area contributed by atoms with Crippen LogP contribution in [0.4, 0.5) is 33.6 Å². The highest BCUT2D eigenvalue weighted by Crippen LogP contribution is 2.39. The molecule has 12 nitrogen and oxygen atoms in total. The summed E-state index contributed by atoms with van der Waals surface area (Å²) in [6, 6.07) is 3.75. The Bertz CT molecular complexity index is 1290. The standard InChI is InChI=1S/C29H40N8O4/c1-6-26(38)31-22-15-23(25(40-5)16-24(22)35-11-9-34(4)10-12-35)32-28-30-17-20-18-36(19(2)3)29(39)37(27(20)33-28)21-7-13-41-14-8-21/h6,15-17,19,21H,1,7-14,18H2,2-5H3,(H,31,38)(H,30,32,33). The van der Waals surface area contributed by atoms with Crippen LogP contribution in [0.25, 0.3) is 0 Å². The number of benzene rings is 1. The molecular formula is C29H40N8O4. The van der Waals surface area contributed by atoms with Crippen molar-refractivity contribution in [3.63, 3.8) is 0 Å². The molecular weight excluding hydrogens is 524 g/mol. The molecule has 5 rings (SSSR count). The Kier molecular flexibility index (Phi) is 8.60. The molecule has 2 fully saturated rings. The van der Waals surface area contributed by atoms with Gasteiger partial charge in [0.15, 0.2) is 0 Å². The summed E-state index contributed by atoms with van der Waals surface area (Å²) in [6.07, 6.45) is 4.53. The fourth-order valence-corrected chi connectivity index (χ4v) is 5.48. The summed E-state index contributed by atoms with van der Waals surface area (Å²) in [5.41, 5.74) is 2.99. The summed E-state index contributed by atoms with van der Waals surface area (Å²) in [5, 5.41) is 6.24. The monoisotopic (exact) mass is 564 g/mol. The number of carbonyl (C=O) groups excluding carboxylic acids is 2. The zero-order valence-electron chi connectivity index (χ0n) is 24.4. The van der Waals surface area contributed by atoms with E-state index < -0.39 is 0 Å². The topological polar surface area (TPSA) is 115 Å². The molecule has 0 spiro atoms. The van der Waals surface area contributed by atoms with E-state index >= 15 is 0 Å². The van der Waals surface area contributed by atoms with Crippen LogP contribution >= 0.6 is 0 Å². The first kappa shape index (κ1) is 28.6. The van der Waals surface area contributed by atoms with Crippen molar-refractivity contribution in [2.45, 2.75) is 45.3 Å². The van der Waals surface area contributed by atoms with E-state index in [1.807, 2.05) is 35.8 Å². The van der Waals surface area contributed by atoms with E-state index in [0.29, 0.717) is 48.6 Å². The van der Waals surface area contributed by atoms with E-state index in [4.69, 9.17) is 14.5 Å². The molecule has 2 saturated heterocycles. The number of carbonyl (C=O) groups is 2. The summed E-state index contributed by atoms with van der Waals surface area (Å²) in [7, 11) is 3.71. The van der Waals surface area contributed by atoms with Crippen LogP contribution in [0.1, 0.15) is 32.3 Å². The molecule has 4 heterocycles. The van der Waals surface area contributed by atoms with Crippen LogP contribution in [0.5, 0.6) is 5.75 Å². The first-order chi connectivity index (χ1) is 19.8. The number of aromatic nitrogens is 2. The number of rotatable bonds is 8. The summed E-state index contributed by atoms with van der Waals surface area (Å²) in [6.45, 7) is 12.8. The number of nitrogens with zero attached hydrogens (tertiary/aromatic N) is 6. The van der Waals surface area contributed by atoms with Crippen molar-refractivity contribution in [1.29, 1.82) is 0 Å². The highest BCUT2D eigenvalue weighted by molar-refractivity contribution is 6.02. The fraction of sp³-hybridized carbons (Fsp3) is 0.517. The molecule has 0 unspecified atom stereocenters. The third-order valence-corrected chi connectivity index (χ3v) is 7.89. The van der Waals surface area contributed by atoms with Gasteiger partial charge in [-0.3, -0.25) is 9.69 Å². The summed E-state index contributed by atoms with van der Waals surface area (Å²) in [4.78, 5) is 43.6. The van der Waals surface area contributed by atoms with E-state index in [2.05, 4.69) is 39.0 Å². The average Bonchev–Trinajstić information content (AvgIpc) is 2.97. The lowest BCUT2D eigenvalue weighted by Gasteiger charge is -2.42. The van der Waals surface area contributed by atoms with Crippen molar-refractivity contribution in [2.75, 3.05) is 74.0 Å². The van der Waals surface area contributed by atoms with Crippen LogP contribution in [0.3, 0.4) is 0 Å². The Morgan fingerprint density at radius 2 is 1.90 bits per heavy atom. The fourth-order valence-electron chi connectivity index (χ4n) is 5.48. The van der Waals surface area contributed by atoms with Crippen molar-refractivity contribution in [3.05, 3.63) is 36.5 Å². The van der Waals surface area contributed by atoms with Crippen LogP contribution in [0.2, 0.25) is 0 Å². The lowest BCUT2D eigenvalue weighted by atomic mass is 10.0. The van der Waals surface area contributed by atoms with Gasteiger partial charge in [0.2, 0.25) is 11.9 Å². The Balaban J connectivity index is 1.50.